The zero-order valence-corrected chi connectivity index (χ0v) is 20.6. The molecule has 0 spiro atoms. The number of benzene rings is 1. The van der Waals surface area contributed by atoms with Crippen LogP contribution < -0.4 is 25.7 Å². The molecule has 1 aliphatic heterocycles. The maximum atomic E-state index is 12.8. The van der Waals surface area contributed by atoms with Gasteiger partial charge in [-0.3, -0.25) is 9.59 Å². The zero-order valence-electron chi connectivity index (χ0n) is 19.1. The Morgan fingerprint density at radius 3 is 2.82 bits per heavy atom. The molecule has 2 aromatic rings. The molecule has 3 aliphatic carbocycles. The summed E-state index contributed by atoms with van der Waals surface area (Å²) in [5.41, 5.74) is 1.65. The van der Waals surface area contributed by atoms with E-state index in [-0.39, 0.29) is 24.8 Å². The minimum Gasteiger partial charge on any atom is -0.454 e. The molecule has 1 aromatic heterocycles. The van der Waals surface area contributed by atoms with Gasteiger partial charge in [0.25, 0.3) is 5.56 Å². The molecule has 3 fully saturated rings. The van der Waals surface area contributed by atoms with E-state index in [1.165, 1.54) is 11.1 Å². The Morgan fingerprint density at radius 2 is 2.06 bits per heavy atom. The van der Waals surface area contributed by atoms with Crippen LogP contribution in [-0.4, -0.2) is 28.5 Å². The summed E-state index contributed by atoms with van der Waals surface area (Å²) in [4.78, 5) is 25.3. The Morgan fingerprint density at radius 1 is 1.27 bits per heavy atom. The molecule has 2 N–H and O–H groups in total. The van der Waals surface area contributed by atoms with E-state index in [4.69, 9.17) is 9.47 Å². The number of carbonyl (C=O) groups excluding carboxylic acids is 1. The van der Waals surface area contributed by atoms with Crippen LogP contribution in [0.25, 0.3) is 0 Å². The zero-order chi connectivity index (χ0) is 23.3. The summed E-state index contributed by atoms with van der Waals surface area (Å²) >= 11 is 3.43. The lowest BCUT2D eigenvalue weighted by Gasteiger charge is -2.62. The second kappa shape index (κ2) is 8.34. The van der Waals surface area contributed by atoms with Gasteiger partial charge in [-0.1, -0.05) is 26.8 Å². The summed E-state index contributed by atoms with van der Waals surface area (Å²) < 4.78 is 12.2. The Balaban J connectivity index is 1.20. The van der Waals surface area contributed by atoms with Gasteiger partial charge in [0.2, 0.25) is 12.7 Å². The number of anilines is 1. The SMILES string of the molecule is C[C@@H]1[C@H]2C[C@@H](C[C@H]1Nc1cnn(CC(=O)NCc3ccc4c(c3)OCO4)c(=O)c1Br)C2(C)C. The molecular formula is C24H29BrN4O4. The molecule has 2 heterocycles. The summed E-state index contributed by atoms with van der Waals surface area (Å²) in [5.74, 6) is 3.02. The van der Waals surface area contributed by atoms with Crippen molar-refractivity contribution in [2.75, 3.05) is 12.1 Å². The van der Waals surface area contributed by atoms with Crippen molar-refractivity contribution < 1.29 is 14.3 Å². The number of nitrogens with zero attached hydrogens (tertiary/aromatic N) is 2. The van der Waals surface area contributed by atoms with Crippen molar-refractivity contribution in [1.82, 2.24) is 15.1 Å². The van der Waals surface area contributed by atoms with Crippen molar-refractivity contribution >= 4 is 27.5 Å². The summed E-state index contributed by atoms with van der Waals surface area (Å²) in [6, 6.07) is 5.84. The Kier molecular flexibility index (Phi) is 5.63. The van der Waals surface area contributed by atoms with Crippen molar-refractivity contribution in [2.24, 2.45) is 23.2 Å². The molecule has 4 atom stereocenters. The second-order valence-electron chi connectivity index (χ2n) is 10.0. The van der Waals surface area contributed by atoms with Crippen LogP contribution in [0.4, 0.5) is 5.69 Å². The highest BCUT2D eigenvalue weighted by Gasteiger charge is 2.56. The van der Waals surface area contributed by atoms with E-state index < -0.39 is 0 Å². The molecule has 2 bridgehead atoms. The van der Waals surface area contributed by atoms with Gasteiger partial charge >= 0.3 is 0 Å². The second-order valence-corrected chi connectivity index (χ2v) is 10.8. The lowest BCUT2D eigenvalue weighted by Crippen LogP contribution is -2.58. The van der Waals surface area contributed by atoms with E-state index >= 15 is 0 Å². The molecular weight excluding hydrogens is 488 g/mol. The van der Waals surface area contributed by atoms with Gasteiger partial charge in [-0.2, -0.15) is 5.10 Å². The molecule has 8 nitrogen and oxygen atoms in total. The first kappa shape index (κ1) is 22.3. The predicted molar refractivity (Wildman–Crippen MR) is 127 cm³/mol. The topological polar surface area (TPSA) is 94.5 Å². The van der Waals surface area contributed by atoms with Crippen LogP contribution in [0.2, 0.25) is 0 Å². The highest BCUT2D eigenvalue weighted by atomic mass is 79.9. The predicted octanol–water partition coefficient (Wildman–Crippen LogP) is 3.53. The van der Waals surface area contributed by atoms with Crippen LogP contribution in [0.5, 0.6) is 11.5 Å². The molecule has 0 radical (unpaired) electrons. The third kappa shape index (κ3) is 4.00. The standard InChI is InChI=1S/C24H29BrN4O4/c1-13-16-7-15(24(16,2)3)8-17(13)28-18-10-27-29(23(31)22(18)25)11-21(30)26-9-14-4-5-19-20(6-14)33-12-32-19/h4-6,10,13,15-17,28H,7-9,11-12H2,1-3H3,(H,26,30)/t13-,15+,16-,17-/m1/s1. The molecule has 1 amide bonds. The molecule has 9 heteroatoms. The number of aromatic nitrogens is 2. The van der Waals surface area contributed by atoms with E-state index in [0.717, 1.165) is 17.9 Å². The first-order chi connectivity index (χ1) is 15.7. The number of rotatable bonds is 6. The number of fused-ring (bicyclic) bond motifs is 3. The summed E-state index contributed by atoms with van der Waals surface area (Å²) in [5, 5.41) is 10.6. The minimum atomic E-state index is -0.327. The van der Waals surface area contributed by atoms with Gasteiger partial charge in [0.05, 0.1) is 11.9 Å². The fourth-order valence-corrected chi connectivity index (χ4v) is 6.08. The average molecular weight is 517 g/mol. The number of ether oxygens (including phenoxy) is 2. The fourth-order valence-electron chi connectivity index (χ4n) is 5.66. The highest BCUT2D eigenvalue weighted by molar-refractivity contribution is 9.10. The molecule has 1 aromatic carbocycles. The maximum absolute atomic E-state index is 12.8. The van der Waals surface area contributed by atoms with Gasteiger partial charge < -0.3 is 20.1 Å². The molecule has 33 heavy (non-hydrogen) atoms. The monoisotopic (exact) mass is 516 g/mol. The lowest BCUT2D eigenvalue weighted by atomic mass is 9.45. The van der Waals surface area contributed by atoms with Gasteiger partial charge in [-0.15, -0.1) is 0 Å². The number of hydrogen-bond acceptors (Lipinski definition) is 6. The van der Waals surface area contributed by atoms with E-state index in [1.807, 2.05) is 18.2 Å². The van der Waals surface area contributed by atoms with Crippen molar-refractivity contribution in [3.05, 3.63) is 44.8 Å². The van der Waals surface area contributed by atoms with E-state index in [9.17, 15) is 9.59 Å². The lowest BCUT2D eigenvalue weighted by molar-refractivity contribution is -0.122. The third-order valence-electron chi connectivity index (χ3n) is 7.90. The Labute approximate surface area is 201 Å². The largest absolute Gasteiger partial charge is 0.454 e. The molecule has 3 saturated carbocycles. The number of carbonyl (C=O) groups is 1. The van der Waals surface area contributed by atoms with Crippen molar-refractivity contribution in [2.45, 2.75) is 52.7 Å². The van der Waals surface area contributed by atoms with E-state index in [2.05, 4.69) is 52.4 Å². The van der Waals surface area contributed by atoms with Crippen molar-refractivity contribution in [1.29, 1.82) is 0 Å². The van der Waals surface area contributed by atoms with Crippen molar-refractivity contribution in [3.8, 4) is 11.5 Å². The van der Waals surface area contributed by atoms with Gasteiger partial charge in [0.15, 0.2) is 11.5 Å². The summed E-state index contributed by atoms with van der Waals surface area (Å²) in [7, 11) is 0. The van der Waals surface area contributed by atoms with Crippen LogP contribution in [-0.2, 0) is 17.9 Å². The van der Waals surface area contributed by atoms with Crippen LogP contribution in [0.3, 0.4) is 0 Å². The van der Waals surface area contributed by atoms with E-state index in [0.29, 0.717) is 51.5 Å². The third-order valence-corrected chi connectivity index (χ3v) is 8.67. The Bertz CT molecular complexity index is 1150. The molecule has 0 unspecified atom stereocenters. The van der Waals surface area contributed by atoms with Gasteiger partial charge in [-0.05, 0) is 69.6 Å². The number of amides is 1. The average Bonchev–Trinajstić information content (AvgIpc) is 3.26. The molecule has 6 rings (SSSR count). The first-order valence-electron chi connectivity index (χ1n) is 11.4. The molecule has 176 valence electrons. The normalized spacial score (nSPS) is 26.4. The number of halogens is 1. The summed E-state index contributed by atoms with van der Waals surface area (Å²) in [6.07, 6.45) is 4.03. The van der Waals surface area contributed by atoms with Gasteiger partial charge in [0.1, 0.15) is 11.0 Å². The van der Waals surface area contributed by atoms with Crippen LogP contribution in [0.15, 0.2) is 33.7 Å². The minimum absolute atomic E-state index is 0.152. The number of nitrogens with one attached hydrogen (secondary N) is 2. The van der Waals surface area contributed by atoms with Crippen molar-refractivity contribution in [3.63, 3.8) is 0 Å². The summed E-state index contributed by atoms with van der Waals surface area (Å²) in [6.45, 7) is 7.41. The molecule has 0 saturated heterocycles. The maximum Gasteiger partial charge on any atom is 0.283 e. The van der Waals surface area contributed by atoms with Crippen LogP contribution in [0.1, 0.15) is 39.2 Å². The van der Waals surface area contributed by atoms with Gasteiger partial charge in [0, 0.05) is 12.6 Å². The van der Waals surface area contributed by atoms with E-state index in [1.54, 1.807) is 6.20 Å². The van der Waals surface area contributed by atoms with Gasteiger partial charge in [-0.25, -0.2) is 4.68 Å². The Hall–Kier alpha value is -2.55. The molecule has 4 aliphatic rings. The first-order valence-corrected chi connectivity index (χ1v) is 12.2. The highest BCUT2D eigenvalue weighted by Crippen LogP contribution is 2.61. The fraction of sp³-hybridized carbons (Fsp3) is 0.542. The number of hydrogen-bond donors (Lipinski definition) is 2. The van der Waals surface area contributed by atoms with Crippen LogP contribution in [0, 0.1) is 23.2 Å². The quantitative estimate of drug-likeness (QED) is 0.609. The smallest absolute Gasteiger partial charge is 0.283 e. The van der Waals surface area contributed by atoms with Crippen LogP contribution >= 0.6 is 15.9 Å².